The summed E-state index contributed by atoms with van der Waals surface area (Å²) in [6.07, 6.45) is 0. The Labute approximate surface area is 113 Å². The van der Waals surface area contributed by atoms with E-state index in [9.17, 15) is 4.79 Å². The molecular formula is C17H20O2. The lowest BCUT2D eigenvalue weighted by Crippen LogP contribution is -2.06. The average Bonchev–Trinajstić information content (AvgIpc) is 2.64. The number of rotatable bonds is 2. The molecule has 0 spiro atoms. The van der Waals surface area contributed by atoms with Crippen molar-refractivity contribution in [3.8, 4) is 0 Å². The van der Waals surface area contributed by atoms with Crippen LogP contribution in [0.25, 0.3) is 11.0 Å². The van der Waals surface area contributed by atoms with Crippen molar-refractivity contribution >= 4 is 16.8 Å². The molecule has 0 radical (unpaired) electrons. The first-order valence-electron chi connectivity index (χ1n) is 6.79. The fourth-order valence-electron chi connectivity index (χ4n) is 3.28. The molecule has 19 heavy (non-hydrogen) atoms. The highest BCUT2D eigenvalue weighted by molar-refractivity contribution is 6.01. The zero-order chi connectivity index (χ0) is 14.0. The quantitative estimate of drug-likeness (QED) is 0.735. The largest absolute Gasteiger partial charge is 0.453 e. The Morgan fingerprint density at radius 2 is 1.74 bits per heavy atom. The molecule has 1 aromatic heterocycles. The fraction of sp³-hybridized carbons (Fsp3) is 0.471. The van der Waals surface area contributed by atoms with E-state index in [1.807, 2.05) is 25.1 Å². The van der Waals surface area contributed by atoms with Gasteiger partial charge < -0.3 is 4.42 Å². The molecule has 2 aromatic rings. The zero-order valence-corrected chi connectivity index (χ0v) is 12.2. The number of benzene rings is 1. The van der Waals surface area contributed by atoms with Gasteiger partial charge in [-0.15, -0.1) is 0 Å². The molecule has 0 atom stereocenters. The molecule has 0 saturated heterocycles. The second-order valence-corrected chi connectivity index (χ2v) is 6.89. The minimum absolute atomic E-state index is 0.0545. The van der Waals surface area contributed by atoms with Gasteiger partial charge in [-0.2, -0.15) is 0 Å². The van der Waals surface area contributed by atoms with Crippen LogP contribution in [0.1, 0.15) is 43.8 Å². The second-order valence-electron chi connectivity index (χ2n) is 6.89. The van der Waals surface area contributed by atoms with Crippen LogP contribution in [0.15, 0.2) is 28.7 Å². The number of carbonyl (C=O) groups is 1. The van der Waals surface area contributed by atoms with E-state index in [-0.39, 0.29) is 22.5 Å². The van der Waals surface area contributed by atoms with Crippen molar-refractivity contribution in [1.29, 1.82) is 0 Å². The third-order valence-corrected chi connectivity index (χ3v) is 5.20. The summed E-state index contributed by atoms with van der Waals surface area (Å²) >= 11 is 0. The summed E-state index contributed by atoms with van der Waals surface area (Å²) in [7, 11) is 0. The predicted molar refractivity (Wildman–Crippen MR) is 76.3 cm³/mol. The van der Waals surface area contributed by atoms with Crippen LogP contribution in [-0.2, 0) is 0 Å². The van der Waals surface area contributed by atoms with Crippen LogP contribution < -0.4 is 0 Å². The summed E-state index contributed by atoms with van der Waals surface area (Å²) in [5.74, 6) is 0.703. The molecule has 3 rings (SSSR count). The number of furan rings is 1. The highest BCUT2D eigenvalue weighted by atomic mass is 16.3. The number of carbonyl (C=O) groups excluding carboxylic acids is 1. The van der Waals surface area contributed by atoms with Crippen LogP contribution in [0, 0.1) is 23.7 Å². The van der Waals surface area contributed by atoms with Gasteiger partial charge in [-0.05, 0) is 36.0 Å². The van der Waals surface area contributed by atoms with Gasteiger partial charge in [0.05, 0.1) is 0 Å². The molecule has 2 nitrogen and oxygen atoms in total. The van der Waals surface area contributed by atoms with Gasteiger partial charge in [-0.25, -0.2) is 0 Å². The molecule has 0 unspecified atom stereocenters. The summed E-state index contributed by atoms with van der Waals surface area (Å²) in [6.45, 7) is 10.7. The topological polar surface area (TPSA) is 30.2 Å². The normalized spacial score (nSPS) is 20.7. The van der Waals surface area contributed by atoms with Gasteiger partial charge in [0.25, 0.3) is 0 Å². The minimum Gasteiger partial charge on any atom is -0.453 e. The molecule has 1 fully saturated rings. The lowest BCUT2D eigenvalue weighted by Gasteiger charge is -2.03. The molecule has 1 heterocycles. The first-order chi connectivity index (χ1) is 8.75. The number of fused-ring (bicyclic) bond motifs is 1. The van der Waals surface area contributed by atoms with Crippen molar-refractivity contribution in [3.05, 3.63) is 35.6 Å². The lowest BCUT2D eigenvalue weighted by molar-refractivity contribution is 0.0919. The highest BCUT2D eigenvalue weighted by Gasteiger charge is 2.68. The minimum atomic E-state index is 0.0545. The van der Waals surface area contributed by atoms with Gasteiger partial charge in [0, 0.05) is 11.3 Å². The monoisotopic (exact) mass is 256 g/mol. The lowest BCUT2D eigenvalue weighted by atomic mass is 10.0. The smallest absolute Gasteiger partial charge is 0.202 e. The van der Waals surface area contributed by atoms with E-state index in [0.717, 1.165) is 11.0 Å². The molecule has 1 aromatic carbocycles. The van der Waals surface area contributed by atoms with Crippen LogP contribution in [0.3, 0.4) is 0 Å². The van der Waals surface area contributed by atoms with Gasteiger partial charge >= 0.3 is 0 Å². The Morgan fingerprint density at radius 3 is 2.32 bits per heavy atom. The van der Waals surface area contributed by atoms with Crippen LogP contribution in [0.4, 0.5) is 0 Å². The Balaban J connectivity index is 2.00. The number of hydrogen-bond acceptors (Lipinski definition) is 2. The first-order valence-corrected chi connectivity index (χ1v) is 6.79. The Kier molecular flexibility index (Phi) is 2.30. The van der Waals surface area contributed by atoms with E-state index in [1.165, 1.54) is 5.56 Å². The summed E-state index contributed by atoms with van der Waals surface area (Å²) in [5.41, 5.74) is 2.09. The molecule has 1 aliphatic rings. The second kappa shape index (κ2) is 3.50. The molecule has 0 amide bonds. The molecule has 100 valence electrons. The summed E-state index contributed by atoms with van der Waals surface area (Å²) in [6, 6.07) is 7.88. The van der Waals surface area contributed by atoms with Gasteiger partial charge in [0.2, 0.25) is 5.78 Å². The van der Waals surface area contributed by atoms with Crippen molar-refractivity contribution < 1.29 is 9.21 Å². The van der Waals surface area contributed by atoms with E-state index in [4.69, 9.17) is 4.42 Å². The first kappa shape index (κ1) is 12.5. The zero-order valence-electron chi connectivity index (χ0n) is 12.2. The van der Waals surface area contributed by atoms with Gasteiger partial charge in [-0.1, -0.05) is 39.3 Å². The van der Waals surface area contributed by atoms with Crippen molar-refractivity contribution in [1.82, 2.24) is 0 Å². The Hall–Kier alpha value is -1.57. The summed E-state index contributed by atoms with van der Waals surface area (Å²) < 4.78 is 5.72. The van der Waals surface area contributed by atoms with E-state index < -0.39 is 0 Å². The number of Topliss-reactive ketones (excluding diaryl/α,β-unsaturated/α-hetero) is 1. The van der Waals surface area contributed by atoms with Crippen LogP contribution in [0.2, 0.25) is 0 Å². The molecule has 0 aliphatic heterocycles. The van der Waals surface area contributed by atoms with E-state index in [1.54, 1.807) is 0 Å². The molecule has 0 bridgehead atoms. The van der Waals surface area contributed by atoms with Crippen LogP contribution in [0.5, 0.6) is 0 Å². The maximum atomic E-state index is 12.6. The van der Waals surface area contributed by atoms with Crippen molar-refractivity contribution in [3.63, 3.8) is 0 Å². The predicted octanol–water partition coefficient (Wildman–Crippen LogP) is 4.61. The number of ketones is 1. The third-order valence-electron chi connectivity index (χ3n) is 5.20. The van der Waals surface area contributed by atoms with Crippen molar-refractivity contribution in [2.75, 3.05) is 0 Å². The standard InChI is InChI=1S/C17H20O2/c1-10-6-7-12-11(8-10)9-13(19-12)14(18)15-16(2,3)17(15,4)5/h6-9,15H,1-5H3. The Morgan fingerprint density at radius 1 is 1.11 bits per heavy atom. The van der Waals surface area contributed by atoms with Gasteiger partial charge in [-0.3, -0.25) is 4.79 Å². The van der Waals surface area contributed by atoms with Gasteiger partial charge in [0.1, 0.15) is 5.58 Å². The van der Waals surface area contributed by atoms with Crippen LogP contribution >= 0.6 is 0 Å². The molecule has 0 N–H and O–H groups in total. The Bertz CT molecular complexity index is 660. The SMILES string of the molecule is Cc1ccc2oc(C(=O)C3C(C)(C)C3(C)C)cc2c1. The molecule has 1 saturated carbocycles. The summed E-state index contributed by atoms with van der Waals surface area (Å²) in [5, 5.41) is 1.01. The number of hydrogen-bond donors (Lipinski definition) is 0. The summed E-state index contributed by atoms with van der Waals surface area (Å²) in [4.78, 5) is 12.6. The third kappa shape index (κ3) is 1.59. The molecule has 1 aliphatic carbocycles. The maximum Gasteiger partial charge on any atom is 0.202 e. The van der Waals surface area contributed by atoms with E-state index >= 15 is 0 Å². The highest BCUT2D eigenvalue weighted by Crippen LogP contribution is 2.69. The van der Waals surface area contributed by atoms with Crippen molar-refractivity contribution in [2.45, 2.75) is 34.6 Å². The average molecular weight is 256 g/mol. The number of aryl methyl sites for hydroxylation is 1. The van der Waals surface area contributed by atoms with Gasteiger partial charge in [0.15, 0.2) is 5.76 Å². The fourth-order valence-corrected chi connectivity index (χ4v) is 3.28. The van der Waals surface area contributed by atoms with Crippen LogP contribution in [-0.4, -0.2) is 5.78 Å². The van der Waals surface area contributed by atoms with E-state index in [0.29, 0.717) is 5.76 Å². The van der Waals surface area contributed by atoms with Crippen molar-refractivity contribution in [2.24, 2.45) is 16.7 Å². The van der Waals surface area contributed by atoms with E-state index in [2.05, 4.69) is 33.8 Å². The molecular weight excluding hydrogens is 236 g/mol. The maximum absolute atomic E-state index is 12.6. The molecule has 2 heteroatoms.